The number of nitrogens with two attached hydrogens (primary N) is 1. The predicted molar refractivity (Wildman–Crippen MR) is 68.3 cm³/mol. The largest absolute Gasteiger partial charge is 0.480 e. The summed E-state index contributed by atoms with van der Waals surface area (Å²) in [5, 5.41) is 21.3. The lowest BCUT2D eigenvalue weighted by Gasteiger charge is -2.12. The van der Waals surface area contributed by atoms with Crippen LogP contribution in [0.2, 0.25) is 0 Å². The summed E-state index contributed by atoms with van der Waals surface area (Å²) in [7, 11) is 0. The molecule has 9 nitrogen and oxygen atoms in total. The van der Waals surface area contributed by atoms with Crippen molar-refractivity contribution >= 4 is 34.1 Å². The number of thiophene rings is 1. The Labute approximate surface area is 116 Å². The summed E-state index contributed by atoms with van der Waals surface area (Å²) in [5.41, 5.74) is 4.90. The van der Waals surface area contributed by atoms with Crippen molar-refractivity contribution in [2.24, 2.45) is 5.73 Å². The van der Waals surface area contributed by atoms with Crippen LogP contribution in [0.5, 0.6) is 0 Å². The van der Waals surface area contributed by atoms with Crippen LogP contribution in [0, 0.1) is 10.1 Å². The number of primary amides is 1. The van der Waals surface area contributed by atoms with Gasteiger partial charge in [-0.25, -0.2) is 4.79 Å². The molecule has 1 aromatic heterocycles. The zero-order valence-corrected chi connectivity index (χ0v) is 10.9. The molecule has 108 valence electrons. The summed E-state index contributed by atoms with van der Waals surface area (Å²) in [6.07, 6.45) is -0.342. The van der Waals surface area contributed by atoms with Crippen LogP contribution in [0.1, 0.15) is 22.5 Å². The lowest BCUT2D eigenvalue weighted by atomic mass is 10.1. The molecule has 2 amide bonds. The number of aliphatic carboxylic acids is 1. The van der Waals surface area contributed by atoms with Crippen LogP contribution in [0.3, 0.4) is 0 Å². The van der Waals surface area contributed by atoms with Crippen molar-refractivity contribution in [3.63, 3.8) is 0 Å². The van der Waals surface area contributed by atoms with E-state index >= 15 is 0 Å². The zero-order chi connectivity index (χ0) is 15.3. The van der Waals surface area contributed by atoms with Gasteiger partial charge in [0.15, 0.2) is 0 Å². The summed E-state index contributed by atoms with van der Waals surface area (Å²) in [6, 6.07) is 1.10. The number of carbonyl (C=O) groups is 3. The third kappa shape index (κ3) is 4.31. The quantitative estimate of drug-likeness (QED) is 0.479. The molecule has 10 heteroatoms. The molecule has 0 aliphatic carbocycles. The van der Waals surface area contributed by atoms with Gasteiger partial charge in [0, 0.05) is 12.5 Å². The van der Waals surface area contributed by atoms with E-state index in [2.05, 4.69) is 5.32 Å². The van der Waals surface area contributed by atoms with Crippen molar-refractivity contribution in [2.75, 3.05) is 0 Å². The molecule has 1 atom stereocenters. The molecule has 0 aliphatic heterocycles. The lowest BCUT2D eigenvalue weighted by molar-refractivity contribution is -0.380. The number of hydrogen-bond acceptors (Lipinski definition) is 6. The van der Waals surface area contributed by atoms with Crippen LogP contribution in [0.4, 0.5) is 5.00 Å². The number of amides is 2. The summed E-state index contributed by atoms with van der Waals surface area (Å²) >= 11 is 0.631. The van der Waals surface area contributed by atoms with Crippen molar-refractivity contribution in [1.82, 2.24) is 5.32 Å². The van der Waals surface area contributed by atoms with Crippen molar-refractivity contribution < 1.29 is 24.4 Å². The van der Waals surface area contributed by atoms with Gasteiger partial charge in [0.2, 0.25) is 5.91 Å². The molecule has 0 aliphatic rings. The van der Waals surface area contributed by atoms with E-state index in [-0.39, 0.29) is 22.7 Å². The van der Waals surface area contributed by atoms with E-state index in [1.165, 1.54) is 6.07 Å². The number of rotatable bonds is 7. The van der Waals surface area contributed by atoms with E-state index in [9.17, 15) is 24.5 Å². The van der Waals surface area contributed by atoms with Gasteiger partial charge < -0.3 is 16.2 Å². The fourth-order valence-electron chi connectivity index (χ4n) is 1.32. The minimum atomic E-state index is -1.31. The third-order valence-electron chi connectivity index (χ3n) is 2.28. The second-order valence-corrected chi connectivity index (χ2v) is 4.83. The Morgan fingerprint density at radius 1 is 1.45 bits per heavy atom. The zero-order valence-electron chi connectivity index (χ0n) is 10.1. The first-order chi connectivity index (χ1) is 9.31. The normalized spacial score (nSPS) is 11.6. The van der Waals surface area contributed by atoms with Gasteiger partial charge in [0.1, 0.15) is 6.04 Å². The lowest BCUT2D eigenvalue weighted by Crippen LogP contribution is -2.41. The van der Waals surface area contributed by atoms with E-state index in [1.807, 2.05) is 0 Å². The Morgan fingerprint density at radius 3 is 2.55 bits per heavy atom. The second-order valence-electron chi connectivity index (χ2n) is 3.76. The van der Waals surface area contributed by atoms with Gasteiger partial charge in [-0.15, -0.1) is 0 Å². The smallest absolute Gasteiger partial charge is 0.326 e. The van der Waals surface area contributed by atoms with Crippen LogP contribution in [-0.2, 0) is 9.59 Å². The highest BCUT2D eigenvalue weighted by Gasteiger charge is 2.23. The Kier molecular flexibility index (Phi) is 5.15. The van der Waals surface area contributed by atoms with Gasteiger partial charge in [-0.1, -0.05) is 11.3 Å². The van der Waals surface area contributed by atoms with Crippen molar-refractivity contribution in [3.05, 3.63) is 27.1 Å². The molecular weight excluding hydrogens is 290 g/mol. The van der Waals surface area contributed by atoms with Crippen LogP contribution >= 0.6 is 11.3 Å². The first kappa shape index (κ1) is 15.6. The van der Waals surface area contributed by atoms with Gasteiger partial charge in [0.05, 0.1) is 9.80 Å². The van der Waals surface area contributed by atoms with Crippen molar-refractivity contribution in [3.8, 4) is 0 Å². The van der Waals surface area contributed by atoms with E-state index < -0.39 is 28.7 Å². The first-order valence-corrected chi connectivity index (χ1v) is 6.19. The number of hydrogen-bond donors (Lipinski definition) is 3. The molecule has 0 spiro atoms. The number of carboxylic acids is 1. The summed E-state index contributed by atoms with van der Waals surface area (Å²) in [6.45, 7) is 0. The maximum atomic E-state index is 11.7. The van der Waals surface area contributed by atoms with Crippen LogP contribution in [0.25, 0.3) is 0 Å². The van der Waals surface area contributed by atoms with Gasteiger partial charge >= 0.3 is 11.0 Å². The molecule has 0 fully saturated rings. The highest BCUT2D eigenvalue weighted by Crippen LogP contribution is 2.23. The molecule has 1 rings (SSSR count). The van der Waals surface area contributed by atoms with E-state index in [0.29, 0.717) is 11.3 Å². The maximum absolute atomic E-state index is 11.7. The summed E-state index contributed by atoms with van der Waals surface area (Å²) in [5.74, 6) is -2.75. The molecular formula is C10H11N3O6S. The minimum absolute atomic E-state index is 0.0158. The fourth-order valence-corrected chi connectivity index (χ4v) is 2.04. The summed E-state index contributed by atoms with van der Waals surface area (Å²) < 4.78 is 0. The van der Waals surface area contributed by atoms with Crippen LogP contribution < -0.4 is 11.1 Å². The van der Waals surface area contributed by atoms with Gasteiger partial charge in [-0.2, -0.15) is 0 Å². The van der Waals surface area contributed by atoms with E-state index in [4.69, 9.17) is 10.8 Å². The highest BCUT2D eigenvalue weighted by atomic mass is 32.1. The molecule has 1 heterocycles. The fraction of sp³-hybridized carbons (Fsp3) is 0.300. The van der Waals surface area contributed by atoms with Crippen molar-refractivity contribution in [2.45, 2.75) is 18.9 Å². The van der Waals surface area contributed by atoms with Crippen LogP contribution in [0.15, 0.2) is 12.1 Å². The predicted octanol–water partition coefficient (Wildman–Crippen LogP) is 0.105. The Balaban J connectivity index is 2.72. The average Bonchev–Trinajstić information content (AvgIpc) is 2.83. The van der Waals surface area contributed by atoms with Gasteiger partial charge in [-0.3, -0.25) is 19.7 Å². The van der Waals surface area contributed by atoms with Gasteiger partial charge in [0.25, 0.3) is 5.91 Å². The van der Waals surface area contributed by atoms with E-state index in [1.54, 1.807) is 0 Å². The standard InChI is InChI=1S/C10H11N3O6S/c11-7(14)3-1-5(10(16)17)12-9(15)6-2-4-8(20-6)13(18)19/h2,4-5H,1,3H2,(H2,11,14)(H,12,15)(H,16,17). The number of carboxylic acid groups (broad SMARTS) is 1. The van der Waals surface area contributed by atoms with Crippen LogP contribution in [-0.4, -0.2) is 33.9 Å². The van der Waals surface area contributed by atoms with E-state index in [0.717, 1.165) is 6.07 Å². The molecule has 20 heavy (non-hydrogen) atoms. The topological polar surface area (TPSA) is 153 Å². The number of nitro groups is 1. The molecule has 0 saturated heterocycles. The number of carbonyl (C=O) groups excluding carboxylic acids is 2. The molecule has 1 unspecified atom stereocenters. The van der Waals surface area contributed by atoms with Crippen molar-refractivity contribution in [1.29, 1.82) is 0 Å². The first-order valence-electron chi connectivity index (χ1n) is 5.37. The molecule has 0 saturated carbocycles. The second kappa shape index (κ2) is 6.61. The third-order valence-corrected chi connectivity index (χ3v) is 3.31. The molecule has 4 N–H and O–H groups in total. The minimum Gasteiger partial charge on any atom is -0.480 e. The SMILES string of the molecule is NC(=O)CCC(NC(=O)c1ccc([N+](=O)[O-])s1)C(=O)O. The highest BCUT2D eigenvalue weighted by molar-refractivity contribution is 7.17. The number of nitrogens with zero attached hydrogens (tertiary/aromatic N) is 1. The molecule has 0 aromatic carbocycles. The summed E-state index contributed by atoms with van der Waals surface area (Å²) in [4.78, 5) is 43.1. The Bertz CT molecular complexity index is 555. The van der Waals surface area contributed by atoms with Gasteiger partial charge in [-0.05, 0) is 12.5 Å². The maximum Gasteiger partial charge on any atom is 0.326 e. The molecule has 0 radical (unpaired) electrons. The Morgan fingerprint density at radius 2 is 2.10 bits per heavy atom. The Hall–Kier alpha value is -2.49. The molecule has 0 bridgehead atoms. The monoisotopic (exact) mass is 301 g/mol. The molecule has 1 aromatic rings. The number of nitrogens with one attached hydrogen (secondary N) is 1. The average molecular weight is 301 g/mol.